The van der Waals surface area contributed by atoms with Gasteiger partial charge in [0.15, 0.2) is 10.9 Å². The molecule has 192 valence electrons. The number of carbonyl (C=O) groups is 3. The van der Waals surface area contributed by atoms with Crippen molar-refractivity contribution < 1.29 is 24.2 Å². The first-order valence-corrected chi connectivity index (χ1v) is 13.2. The molecule has 0 aliphatic carbocycles. The maximum Gasteiger partial charge on any atom is 0.301 e. The monoisotopic (exact) mass is 538 g/mol. The number of aliphatic hydroxyl groups is 1. The second-order valence-electron chi connectivity index (χ2n) is 8.77. The third-order valence-electron chi connectivity index (χ3n) is 6.06. The van der Waals surface area contributed by atoms with Gasteiger partial charge in [-0.3, -0.25) is 19.3 Å². The maximum absolute atomic E-state index is 13.4. The quantitative estimate of drug-likeness (QED) is 0.110. The van der Waals surface area contributed by atoms with Crippen LogP contribution < -0.4 is 9.64 Å². The first kappa shape index (κ1) is 26.6. The average molecular weight is 539 g/mol. The van der Waals surface area contributed by atoms with Crippen molar-refractivity contribution in [1.29, 1.82) is 0 Å². The minimum absolute atomic E-state index is 0.0762. The van der Waals surface area contributed by atoms with Gasteiger partial charge in [0.1, 0.15) is 11.5 Å². The average Bonchev–Trinajstić information content (AvgIpc) is 3.39. The molecule has 0 spiro atoms. The summed E-state index contributed by atoms with van der Waals surface area (Å²) in [6.45, 7) is 5.76. The second-order valence-corrected chi connectivity index (χ2v) is 10.2. The molecule has 7 nitrogen and oxygen atoms in total. The van der Waals surface area contributed by atoms with Crippen LogP contribution in [0, 0.1) is 6.92 Å². The molecule has 4 rings (SSSR count). The van der Waals surface area contributed by atoms with E-state index in [2.05, 4.69) is 11.9 Å². The van der Waals surface area contributed by atoms with E-state index >= 15 is 0 Å². The van der Waals surface area contributed by atoms with E-state index in [0.29, 0.717) is 39.1 Å². The molecule has 1 fully saturated rings. The Morgan fingerprint density at radius 3 is 2.54 bits per heavy atom. The van der Waals surface area contributed by atoms with Crippen LogP contribution in [0.1, 0.15) is 65.6 Å². The Bertz CT molecular complexity index is 1380. The summed E-state index contributed by atoms with van der Waals surface area (Å²) in [6, 6.07) is 12.5. The molecule has 1 aromatic heterocycles. The maximum atomic E-state index is 13.4. The standard InChI is InChI=1S/C28H27ClN2O5S/c1-4-5-6-14-36-21-9-7-8-19(15-21)23-22(24(33)18-10-12-20(29)13-11-18)25(34)27(35)31(23)28-30-16(2)26(37-28)17(3)32/h7-13,15,23,33H,4-6,14H2,1-3H3/b24-22+. The van der Waals surface area contributed by atoms with Gasteiger partial charge < -0.3 is 9.84 Å². The van der Waals surface area contributed by atoms with Crippen molar-refractivity contribution in [2.75, 3.05) is 11.5 Å². The number of aliphatic hydroxyl groups excluding tert-OH is 1. The van der Waals surface area contributed by atoms with Crippen LogP contribution in [0.5, 0.6) is 5.75 Å². The van der Waals surface area contributed by atoms with Crippen molar-refractivity contribution in [2.45, 2.75) is 46.1 Å². The van der Waals surface area contributed by atoms with Gasteiger partial charge in [-0.25, -0.2) is 4.98 Å². The zero-order valence-corrected chi connectivity index (χ0v) is 22.4. The van der Waals surface area contributed by atoms with Gasteiger partial charge in [0, 0.05) is 17.5 Å². The fourth-order valence-corrected chi connectivity index (χ4v) is 5.35. The smallest absolute Gasteiger partial charge is 0.301 e. The Hall–Kier alpha value is -3.49. The topological polar surface area (TPSA) is 96.8 Å². The second kappa shape index (κ2) is 11.3. The molecule has 1 aliphatic heterocycles. The number of benzene rings is 2. The summed E-state index contributed by atoms with van der Waals surface area (Å²) in [5.74, 6) is -1.59. The Balaban J connectivity index is 1.85. The molecule has 0 radical (unpaired) electrons. The molecule has 9 heteroatoms. The summed E-state index contributed by atoms with van der Waals surface area (Å²) in [5.41, 5.74) is 1.31. The van der Waals surface area contributed by atoms with Crippen LogP contribution in [0.15, 0.2) is 54.1 Å². The van der Waals surface area contributed by atoms with Gasteiger partial charge in [0.25, 0.3) is 5.78 Å². The van der Waals surface area contributed by atoms with Gasteiger partial charge >= 0.3 is 5.91 Å². The van der Waals surface area contributed by atoms with E-state index in [1.807, 2.05) is 6.07 Å². The number of thiazole rings is 1. The SMILES string of the molecule is CCCCCOc1cccc(C2/C(=C(\O)c3ccc(Cl)cc3)C(=O)C(=O)N2c2nc(C)c(C(C)=O)s2)c1. The van der Waals surface area contributed by atoms with Crippen molar-refractivity contribution in [3.8, 4) is 5.75 Å². The molecule has 1 atom stereocenters. The summed E-state index contributed by atoms with van der Waals surface area (Å²) in [7, 11) is 0. The van der Waals surface area contributed by atoms with Crippen LogP contribution in [0.2, 0.25) is 5.02 Å². The number of ketones is 2. The summed E-state index contributed by atoms with van der Waals surface area (Å²) >= 11 is 7.05. The molecule has 2 heterocycles. The number of hydrogen-bond donors (Lipinski definition) is 1. The van der Waals surface area contributed by atoms with E-state index in [1.165, 1.54) is 11.8 Å². The molecule has 1 unspecified atom stereocenters. The van der Waals surface area contributed by atoms with E-state index in [0.717, 1.165) is 30.6 Å². The predicted molar refractivity (Wildman–Crippen MR) is 145 cm³/mol. The number of hydrogen-bond acceptors (Lipinski definition) is 7. The molecule has 0 bridgehead atoms. The molecule has 1 amide bonds. The van der Waals surface area contributed by atoms with Crippen molar-refractivity contribution in [3.63, 3.8) is 0 Å². The Morgan fingerprint density at radius 2 is 1.89 bits per heavy atom. The first-order chi connectivity index (χ1) is 17.7. The number of nitrogens with zero attached hydrogens (tertiary/aromatic N) is 2. The summed E-state index contributed by atoms with van der Waals surface area (Å²) < 4.78 is 5.91. The van der Waals surface area contributed by atoms with Crippen LogP contribution in [-0.4, -0.2) is 34.2 Å². The lowest BCUT2D eigenvalue weighted by Crippen LogP contribution is -2.29. The number of amides is 1. The fourth-order valence-electron chi connectivity index (χ4n) is 4.24. The van der Waals surface area contributed by atoms with Crippen LogP contribution >= 0.6 is 22.9 Å². The highest BCUT2D eigenvalue weighted by molar-refractivity contribution is 7.18. The lowest BCUT2D eigenvalue weighted by Gasteiger charge is -2.23. The molecule has 0 saturated carbocycles. The number of halogens is 1. The van der Waals surface area contributed by atoms with Crippen molar-refractivity contribution in [1.82, 2.24) is 4.98 Å². The first-order valence-electron chi connectivity index (χ1n) is 12.0. The zero-order valence-electron chi connectivity index (χ0n) is 20.8. The summed E-state index contributed by atoms with van der Waals surface area (Å²) in [6.07, 6.45) is 3.02. The Kier molecular flexibility index (Phi) is 8.10. The van der Waals surface area contributed by atoms with Crippen molar-refractivity contribution in [3.05, 3.63) is 80.8 Å². The Morgan fingerprint density at radius 1 is 1.16 bits per heavy atom. The molecular formula is C28H27ClN2O5S. The Labute approximate surface area is 224 Å². The number of unbranched alkanes of at least 4 members (excludes halogenated alkanes) is 2. The number of aromatic nitrogens is 1. The number of rotatable bonds is 9. The largest absolute Gasteiger partial charge is 0.507 e. The van der Waals surface area contributed by atoms with E-state index < -0.39 is 17.7 Å². The summed E-state index contributed by atoms with van der Waals surface area (Å²) in [4.78, 5) is 44.9. The van der Waals surface area contributed by atoms with Gasteiger partial charge in [-0.2, -0.15) is 0 Å². The molecule has 37 heavy (non-hydrogen) atoms. The number of Topliss-reactive ketones (excluding diaryl/α,β-unsaturated/α-hetero) is 2. The van der Waals surface area contributed by atoms with Crippen molar-refractivity contribution >= 4 is 51.3 Å². The highest BCUT2D eigenvalue weighted by Gasteiger charge is 2.48. The van der Waals surface area contributed by atoms with E-state index in [4.69, 9.17) is 16.3 Å². The summed E-state index contributed by atoms with van der Waals surface area (Å²) in [5, 5.41) is 11.9. The van der Waals surface area contributed by atoms with E-state index in [9.17, 15) is 19.5 Å². The fraction of sp³-hybridized carbons (Fsp3) is 0.286. The molecule has 1 aliphatic rings. The van der Waals surface area contributed by atoms with Gasteiger partial charge in [0.05, 0.1) is 28.8 Å². The van der Waals surface area contributed by atoms with Crippen LogP contribution in [0.25, 0.3) is 5.76 Å². The lowest BCUT2D eigenvalue weighted by molar-refractivity contribution is -0.132. The van der Waals surface area contributed by atoms with Crippen LogP contribution in [0.4, 0.5) is 5.13 Å². The van der Waals surface area contributed by atoms with Crippen molar-refractivity contribution in [2.24, 2.45) is 0 Å². The third kappa shape index (κ3) is 5.45. The number of carbonyl (C=O) groups excluding carboxylic acids is 3. The van der Waals surface area contributed by atoms with Gasteiger partial charge in [-0.15, -0.1) is 0 Å². The molecule has 1 N–H and O–H groups in total. The number of anilines is 1. The number of aryl methyl sites for hydroxylation is 1. The zero-order chi connectivity index (χ0) is 26.7. The molecule has 2 aromatic carbocycles. The van der Waals surface area contributed by atoms with Gasteiger partial charge in [-0.05, 0) is 55.3 Å². The molecule has 3 aromatic rings. The normalized spacial score (nSPS) is 16.9. The van der Waals surface area contributed by atoms with Gasteiger partial charge in [0.2, 0.25) is 0 Å². The molecule has 1 saturated heterocycles. The third-order valence-corrected chi connectivity index (χ3v) is 7.57. The highest BCUT2D eigenvalue weighted by atomic mass is 35.5. The van der Waals surface area contributed by atoms with Gasteiger partial charge in [-0.1, -0.05) is 54.8 Å². The number of ether oxygens (including phenoxy) is 1. The molecular weight excluding hydrogens is 512 g/mol. The lowest BCUT2D eigenvalue weighted by atomic mass is 9.95. The minimum atomic E-state index is -0.972. The minimum Gasteiger partial charge on any atom is -0.507 e. The van der Waals surface area contributed by atoms with E-state index in [1.54, 1.807) is 49.4 Å². The van der Waals surface area contributed by atoms with Crippen LogP contribution in [-0.2, 0) is 9.59 Å². The van der Waals surface area contributed by atoms with E-state index in [-0.39, 0.29) is 22.2 Å². The highest BCUT2D eigenvalue weighted by Crippen LogP contribution is 2.44. The predicted octanol–water partition coefficient (Wildman–Crippen LogP) is 6.50. The van der Waals surface area contributed by atoms with Crippen LogP contribution in [0.3, 0.4) is 0 Å².